The smallest absolute Gasteiger partial charge is 0.243 e. The molecule has 18 heavy (non-hydrogen) atoms. The number of hydrogen-bond donors (Lipinski definition) is 1. The second kappa shape index (κ2) is 5.61. The number of sulfonamides is 1. The summed E-state index contributed by atoms with van der Waals surface area (Å²) in [6.45, 7) is 2.77. The Morgan fingerprint density at radius 3 is 2.61 bits per heavy atom. The van der Waals surface area contributed by atoms with E-state index in [1.54, 1.807) is 36.9 Å². The zero-order valence-electron chi connectivity index (χ0n) is 10.3. The van der Waals surface area contributed by atoms with Crippen molar-refractivity contribution in [2.75, 3.05) is 24.6 Å². The molecule has 100 valence electrons. The number of aliphatic hydroxyl groups is 1. The zero-order chi connectivity index (χ0) is 13.2. The van der Waals surface area contributed by atoms with Gasteiger partial charge < -0.3 is 5.11 Å². The van der Waals surface area contributed by atoms with E-state index in [0.29, 0.717) is 23.5 Å². The molecule has 6 heteroatoms. The molecule has 1 aromatic carbocycles. The Morgan fingerprint density at radius 2 is 2.00 bits per heavy atom. The summed E-state index contributed by atoms with van der Waals surface area (Å²) in [4.78, 5) is 0.320. The van der Waals surface area contributed by atoms with Gasteiger partial charge in [0.05, 0.1) is 11.5 Å². The highest BCUT2D eigenvalue weighted by atomic mass is 32.2. The molecule has 0 spiro atoms. The molecule has 0 unspecified atom stereocenters. The van der Waals surface area contributed by atoms with E-state index in [1.807, 2.05) is 0 Å². The summed E-state index contributed by atoms with van der Waals surface area (Å²) in [5, 5.41) is 9.12. The van der Waals surface area contributed by atoms with Crippen molar-refractivity contribution in [3.05, 3.63) is 29.3 Å². The molecular formula is C12H17NO3S2. The van der Waals surface area contributed by atoms with Crippen LogP contribution in [0.3, 0.4) is 0 Å². The van der Waals surface area contributed by atoms with Gasteiger partial charge in [-0.05, 0) is 24.1 Å². The normalized spacial score (nSPS) is 17.9. The predicted molar refractivity (Wildman–Crippen MR) is 73.2 cm³/mol. The first kappa shape index (κ1) is 13.9. The van der Waals surface area contributed by atoms with Gasteiger partial charge in [0.15, 0.2) is 0 Å². The van der Waals surface area contributed by atoms with Gasteiger partial charge in [0, 0.05) is 24.6 Å². The second-order valence-corrected chi connectivity index (χ2v) is 7.41. The summed E-state index contributed by atoms with van der Waals surface area (Å²) in [6, 6.07) is 5.07. The first-order chi connectivity index (χ1) is 8.55. The molecule has 1 heterocycles. The van der Waals surface area contributed by atoms with Crippen LogP contribution in [0.4, 0.5) is 0 Å². The van der Waals surface area contributed by atoms with Crippen molar-refractivity contribution in [1.82, 2.24) is 4.31 Å². The van der Waals surface area contributed by atoms with E-state index < -0.39 is 10.0 Å². The van der Waals surface area contributed by atoms with Gasteiger partial charge in [-0.3, -0.25) is 0 Å². The Kier molecular flexibility index (Phi) is 4.32. The molecule has 2 rings (SSSR count). The molecule has 0 amide bonds. The summed E-state index contributed by atoms with van der Waals surface area (Å²) >= 11 is 1.78. The van der Waals surface area contributed by atoms with Crippen molar-refractivity contribution in [2.24, 2.45) is 0 Å². The highest BCUT2D eigenvalue weighted by molar-refractivity contribution is 7.99. The van der Waals surface area contributed by atoms with Crippen LogP contribution in [0, 0.1) is 6.92 Å². The molecular weight excluding hydrogens is 270 g/mol. The molecule has 0 aliphatic carbocycles. The molecule has 0 radical (unpaired) electrons. The monoisotopic (exact) mass is 287 g/mol. The number of aliphatic hydroxyl groups excluding tert-OH is 1. The Morgan fingerprint density at radius 1 is 1.33 bits per heavy atom. The topological polar surface area (TPSA) is 57.6 Å². The lowest BCUT2D eigenvalue weighted by molar-refractivity contribution is 0.281. The predicted octanol–water partition coefficient (Wildman–Crippen LogP) is 1.22. The minimum atomic E-state index is -3.42. The Labute approximate surface area is 112 Å². The van der Waals surface area contributed by atoms with Gasteiger partial charge in [0.25, 0.3) is 0 Å². The zero-order valence-corrected chi connectivity index (χ0v) is 11.9. The van der Waals surface area contributed by atoms with E-state index in [2.05, 4.69) is 0 Å². The lowest BCUT2D eigenvalue weighted by Gasteiger charge is -2.26. The highest BCUT2D eigenvalue weighted by Crippen LogP contribution is 2.24. The van der Waals surface area contributed by atoms with Crippen LogP contribution in [0.5, 0.6) is 0 Å². The first-order valence-corrected chi connectivity index (χ1v) is 8.43. The molecule has 0 saturated carbocycles. The first-order valence-electron chi connectivity index (χ1n) is 5.84. The number of rotatable bonds is 3. The summed E-state index contributed by atoms with van der Waals surface area (Å²) < 4.78 is 26.6. The Bertz CT molecular complexity index is 522. The average molecular weight is 287 g/mol. The van der Waals surface area contributed by atoms with E-state index >= 15 is 0 Å². The third-order valence-electron chi connectivity index (χ3n) is 3.02. The van der Waals surface area contributed by atoms with E-state index in [4.69, 9.17) is 5.11 Å². The summed E-state index contributed by atoms with van der Waals surface area (Å²) in [5.41, 5.74) is 1.36. The largest absolute Gasteiger partial charge is 0.392 e. The van der Waals surface area contributed by atoms with Crippen molar-refractivity contribution in [2.45, 2.75) is 18.4 Å². The van der Waals surface area contributed by atoms with Crippen LogP contribution in [0.15, 0.2) is 23.1 Å². The average Bonchev–Trinajstić information content (AvgIpc) is 2.40. The number of benzene rings is 1. The maximum atomic E-state index is 12.5. The minimum absolute atomic E-state index is 0.140. The van der Waals surface area contributed by atoms with E-state index in [0.717, 1.165) is 17.1 Å². The van der Waals surface area contributed by atoms with Crippen LogP contribution in [0.25, 0.3) is 0 Å². The van der Waals surface area contributed by atoms with Gasteiger partial charge in [0.2, 0.25) is 10.0 Å². The van der Waals surface area contributed by atoms with E-state index in [-0.39, 0.29) is 6.61 Å². The molecule has 1 aliphatic heterocycles. The van der Waals surface area contributed by atoms with E-state index in [1.165, 1.54) is 4.31 Å². The molecule has 0 atom stereocenters. The third kappa shape index (κ3) is 2.71. The highest BCUT2D eigenvalue weighted by Gasteiger charge is 2.27. The number of aryl methyl sites for hydroxylation is 1. The fraction of sp³-hybridized carbons (Fsp3) is 0.500. The van der Waals surface area contributed by atoms with Crippen LogP contribution in [0.1, 0.15) is 11.1 Å². The second-order valence-electron chi connectivity index (χ2n) is 4.27. The van der Waals surface area contributed by atoms with Gasteiger partial charge in [-0.15, -0.1) is 0 Å². The quantitative estimate of drug-likeness (QED) is 0.908. The Hall–Kier alpha value is -0.560. The molecule has 1 aromatic rings. The summed E-state index contributed by atoms with van der Waals surface area (Å²) in [6.07, 6.45) is 0. The molecule has 1 N–H and O–H groups in total. The Balaban J connectivity index is 2.39. The standard InChI is InChI=1S/C12H17NO3S2/c1-10-2-3-11(9-14)8-12(10)18(15,16)13-4-6-17-7-5-13/h2-3,8,14H,4-7,9H2,1H3. The lowest BCUT2D eigenvalue weighted by Crippen LogP contribution is -2.38. The SMILES string of the molecule is Cc1ccc(CO)cc1S(=O)(=O)N1CCSCC1. The molecule has 4 nitrogen and oxygen atoms in total. The van der Waals surface area contributed by atoms with Crippen molar-refractivity contribution < 1.29 is 13.5 Å². The maximum absolute atomic E-state index is 12.5. The molecule has 0 aromatic heterocycles. The fourth-order valence-electron chi connectivity index (χ4n) is 1.95. The van der Waals surface area contributed by atoms with Gasteiger partial charge >= 0.3 is 0 Å². The van der Waals surface area contributed by atoms with E-state index in [9.17, 15) is 8.42 Å². The maximum Gasteiger partial charge on any atom is 0.243 e. The van der Waals surface area contributed by atoms with Crippen LogP contribution in [0.2, 0.25) is 0 Å². The summed E-state index contributed by atoms with van der Waals surface area (Å²) in [5.74, 6) is 1.69. The van der Waals surface area contributed by atoms with Gasteiger partial charge in [0.1, 0.15) is 0 Å². The number of nitrogens with zero attached hydrogens (tertiary/aromatic N) is 1. The van der Waals surface area contributed by atoms with Crippen molar-refractivity contribution >= 4 is 21.8 Å². The van der Waals surface area contributed by atoms with Crippen molar-refractivity contribution in [3.63, 3.8) is 0 Å². The number of hydrogen-bond acceptors (Lipinski definition) is 4. The van der Waals surface area contributed by atoms with Crippen LogP contribution in [-0.2, 0) is 16.6 Å². The summed E-state index contributed by atoms with van der Waals surface area (Å²) in [7, 11) is -3.42. The van der Waals surface area contributed by atoms with Crippen LogP contribution >= 0.6 is 11.8 Å². The minimum Gasteiger partial charge on any atom is -0.392 e. The molecule has 0 bridgehead atoms. The van der Waals surface area contributed by atoms with Crippen molar-refractivity contribution in [1.29, 1.82) is 0 Å². The number of thioether (sulfide) groups is 1. The lowest BCUT2D eigenvalue weighted by atomic mass is 10.2. The van der Waals surface area contributed by atoms with Crippen LogP contribution in [-0.4, -0.2) is 42.4 Å². The van der Waals surface area contributed by atoms with Crippen LogP contribution < -0.4 is 0 Å². The molecule has 1 saturated heterocycles. The third-order valence-corrected chi connectivity index (χ3v) is 6.01. The fourth-order valence-corrected chi connectivity index (χ4v) is 4.80. The van der Waals surface area contributed by atoms with Crippen molar-refractivity contribution in [3.8, 4) is 0 Å². The molecule has 1 aliphatic rings. The van der Waals surface area contributed by atoms with Gasteiger partial charge in [-0.25, -0.2) is 8.42 Å². The van der Waals surface area contributed by atoms with Gasteiger partial charge in [-0.2, -0.15) is 16.1 Å². The molecule has 1 fully saturated rings. The van der Waals surface area contributed by atoms with Gasteiger partial charge in [-0.1, -0.05) is 12.1 Å².